The van der Waals surface area contributed by atoms with Crippen LogP contribution in [0.2, 0.25) is 5.15 Å². The molecule has 19 heavy (non-hydrogen) atoms. The maximum atomic E-state index is 12.8. The normalized spacial score (nSPS) is 11.6. The number of rotatable bonds is 2. The molecule has 2 N–H and O–H groups in total. The zero-order valence-corrected chi connectivity index (χ0v) is 10.6. The first-order valence-corrected chi connectivity index (χ1v) is 5.97. The standard InChI is InChI=1S/C10H5ClF3N3OS/c11-7-2-5(16-3-17-7)6-1-4(10(12,13)14)8(19-6)9(15)18/h1-3H,(H2,15,18). The van der Waals surface area contributed by atoms with Gasteiger partial charge in [-0.2, -0.15) is 13.2 Å². The Bertz CT molecular complexity index is 641. The van der Waals surface area contributed by atoms with Crippen LogP contribution in [0.5, 0.6) is 0 Å². The third-order valence-corrected chi connectivity index (χ3v) is 3.53. The highest BCUT2D eigenvalue weighted by Crippen LogP contribution is 2.40. The SMILES string of the molecule is NC(=O)c1sc(-c2cc(Cl)ncn2)cc1C(F)(F)F. The van der Waals surface area contributed by atoms with Crippen LogP contribution in [0.3, 0.4) is 0 Å². The Balaban J connectivity index is 2.58. The van der Waals surface area contributed by atoms with E-state index < -0.39 is 22.5 Å². The molecule has 2 aromatic heterocycles. The minimum Gasteiger partial charge on any atom is -0.365 e. The fraction of sp³-hybridized carbons (Fsp3) is 0.100. The number of amides is 1. The lowest BCUT2D eigenvalue weighted by molar-refractivity contribution is -0.137. The minimum atomic E-state index is -4.66. The van der Waals surface area contributed by atoms with Crippen molar-refractivity contribution in [3.05, 3.63) is 34.1 Å². The van der Waals surface area contributed by atoms with E-state index in [1.54, 1.807) is 0 Å². The van der Waals surface area contributed by atoms with Crippen molar-refractivity contribution in [3.8, 4) is 10.6 Å². The Labute approximate surface area is 114 Å². The number of hydrogen-bond acceptors (Lipinski definition) is 4. The minimum absolute atomic E-state index is 0.0904. The number of primary amides is 1. The van der Waals surface area contributed by atoms with E-state index >= 15 is 0 Å². The summed E-state index contributed by atoms with van der Waals surface area (Å²) >= 11 is 6.25. The highest BCUT2D eigenvalue weighted by atomic mass is 35.5. The van der Waals surface area contributed by atoms with E-state index in [1.165, 1.54) is 6.07 Å². The van der Waals surface area contributed by atoms with Gasteiger partial charge in [0.15, 0.2) is 0 Å². The first kappa shape index (κ1) is 13.8. The van der Waals surface area contributed by atoms with Crippen molar-refractivity contribution in [1.82, 2.24) is 9.97 Å². The third-order valence-electron chi connectivity index (χ3n) is 2.15. The molecule has 0 saturated heterocycles. The summed E-state index contributed by atoms with van der Waals surface area (Å²) in [4.78, 5) is 18.1. The molecule has 0 bridgehead atoms. The van der Waals surface area contributed by atoms with Crippen LogP contribution in [0.4, 0.5) is 13.2 Å². The van der Waals surface area contributed by atoms with Gasteiger partial charge in [-0.3, -0.25) is 4.79 Å². The van der Waals surface area contributed by atoms with Gasteiger partial charge in [-0.15, -0.1) is 11.3 Å². The van der Waals surface area contributed by atoms with Gasteiger partial charge in [-0.05, 0) is 6.07 Å². The molecule has 2 aromatic rings. The van der Waals surface area contributed by atoms with Crippen molar-refractivity contribution >= 4 is 28.8 Å². The summed E-state index contributed by atoms with van der Waals surface area (Å²) in [5.74, 6) is -1.14. The second-order valence-corrected chi connectivity index (χ2v) is 4.88. The van der Waals surface area contributed by atoms with Gasteiger partial charge in [0.1, 0.15) is 16.4 Å². The summed E-state index contributed by atoms with van der Waals surface area (Å²) in [5.41, 5.74) is 4.07. The number of thiophene rings is 1. The lowest BCUT2D eigenvalue weighted by Crippen LogP contribution is -2.15. The predicted octanol–water partition coefficient (Wildman–Crippen LogP) is 2.98. The Kier molecular flexibility index (Phi) is 3.46. The molecular formula is C10H5ClF3N3OS. The number of halogens is 4. The van der Waals surface area contributed by atoms with E-state index in [-0.39, 0.29) is 15.7 Å². The van der Waals surface area contributed by atoms with Crippen LogP contribution in [-0.2, 0) is 6.18 Å². The highest BCUT2D eigenvalue weighted by molar-refractivity contribution is 7.17. The summed E-state index contributed by atoms with van der Waals surface area (Å²) in [6, 6.07) is 2.13. The summed E-state index contributed by atoms with van der Waals surface area (Å²) in [5, 5.41) is 0.0904. The number of hydrogen-bond donors (Lipinski definition) is 1. The first-order valence-electron chi connectivity index (χ1n) is 4.78. The quantitative estimate of drug-likeness (QED) is 0.867. The molecule has 0 radical (unpaired) electrons. The van der Waals surface area contributed by atoms with Crippen LogP contribution in [-0.4, -0.2) is 15.9 Å². The second kappa shape index (κ2) is 4.78. The largest absolute Gasteiger partial charge is 0.418 e. The molecule has 0 fully saturated rings. The van der Waals surface area contributed by atoms with Crippen molar-refractivity contribution < 1.29 is 18.0 Å². The van der Waals surface area contributed by atoms with E-state index in [0.717, 1.165) is 12.4 Å². The van der Waals surface area contributed by atoms with Crippen LogP contribution < -0.4 is 5.73 Å². The smallest absolute Gasteiger partial charge is 0.365 e. The van der Waals surface area contributed by atoms with Gasteiger partial charge in [0, 0.05) is 6.07 Å². The van der Waals surface area contributed by atoms with Crippen LogP contribution in [0.15, 0.2) is 18.5 Å². The monoisotopic (exact) mass is 307 g/mol. The Hall–Kier alpha value is -1.67. The van der Waals surface area contributed by atoms with Gasteiger partial charge in [-0.25, -0.2) is 9.97 Å². The number of alkyl halides is 3. The van der Waals surface area contributed by atoms with Gasteiger partial charge in [0.2, 0.25) is 0 Å². The molecule has 0 saturated carbocycles. The van der Waals surface area contributed by atoms with Crippen molar-refractivity contribution in [1.29, 1.82) is 0 Å². The second-order valence-electron chi connectivity index (χ2n) is 3.44. The van der Waals surface area contributed by atoms with E-state index in [9.17, 15) is 18.0 Å². The van der Waals surface area contributed by atoms with Crippen LogP contribution in [0, 0.1) is 0 Å². The number of nitrogens with two attached hydrogens (primary N) is 1. The lowest BCUT2D eigenvalue weighted by Gasteiger charge is -2.04. The predicted molar refractivity (Wildman–Crippen MR) is 63.9 cm³/mol. The van der Waals surface area contributed by atoms with E-state index in [2.05, 4.69) is 9.97 Å². The topological polar surface area (TPSA) is 68.9 Å². The Morgan fingerprint density at radius 3 is 2.47 bits per heavy atom. The summed E-state index contributed by atoms with van der Waals surface area (Å²) in [6.07, 6.45) is -3.54. The van der Waals surface area contributed by atoms with Gasteiger partial charge in [0.25, 0.3) is 5.91 Å². The average molecular weight is 308 g/mol. The Morgan fingerprint density at radius 2 is 2.00 bits per heavy atom. The van der Waals surface area contributed by atoms with Crippen LogP contribution in [0.25, 0.3) is 10.6 Å². The summed E-state index contributed by atoms with van der Waals surface area (Å²) in [6.45, 7) is 0. The molecule has 0 atom stereocenters. The molecule has 4 nitrogen and oxygen atoms in total. The zero-order chi connectivity index (χ0) is 14.2. The van der Waals surface area contributed by atoms with Gasteiger partial charge in [-0.1, -0.05) is 11.6 Å². The number of carbonyl (C=O) groups is 1. The van der Waals surface area contributed by atoms with Gasteiger partial charge in [0.05, 0.1) is 16.1 Å². The van der Waals surface area contributed by atoms with E-state index in [1.807, 2.05) is 0 Å². The molecule has 0 aliphatic heterocycles. The first-order chi connectivity index (χ1) is 8.79. The molecule has 1 amide bonds. The molecule has 9 heteroatoms. The van der Waals surface area contributed by atoms with Crippen molar-refractivity contribution in [3.63, 3.8) is 0 Å². The fourth-order valence-corrected chi connectivity index (χ4v) is 2.52. The average Bonchev–Trinajstić information content (AvgIpc) is 2.73. The van der Waals surface area contributed by atoms with E-state index in [4.69, 9.17) is 17.3 Å². The van der Waals surface area contributed by atoms with Crippen LogP contribution >= 0.6 is 22.9 Å². The third kappa shape index (κ3) is 2.85. The van der Waals surface area contributed by atoms with E-state index in [0.29, 0.717) is 11.3 Å². The van der Waals surface area contributed by atoms with Crippen LogP contribution in [0.1, 0.15) is 15.2 Å². The molecule has 0 unspecified atom stereocenters. The number of carbonyl (C=O) groups excluding carboxylic acids is 1. The molecule has 0 aromatic carbocycles. The number of nitrogens with zero attached hydrogens (tertiary/aromatic N) is 2. The molecule has 100 valence electrons. The number of aromatic nitrogens is 2. The van der Waals surface area contributed by atoms with Crippen molar-refractivity contribution in [2.24, 2.45) is 5.73 Å². The zero-order valence-electron chi connectivity index (χ0n) is 9.03. The molecule has 0 spiro atoms. The highest BCUT2D eigenvalue weighted by Gasteiger charge is 2.37. The molecule has 0 aliphatic rings. The fourth-order valence-electron chi connectivity index (χ4n) is 1.38. The maximum Gasteiger partial charge on any atom is 0.418 e. The summed E-state index contributed by atoms with van der Waals surface area (Å²) in [7, 11) is 0. The molecule has 0 aliphatic carbocycles. The lowest BCUT2D eigenvalue weighted by atomic mass is 10.2. The molecule has 2 rings (SSSR count). The van der Waals surface area contributed by atoms with Crippen molar-refractivity contribution in [2.75, 3.05) is 0 Å². The van der Waals surface area contributed by atoms with Crippen molar-refractivity contribution in [2.45, 2.75) is 6.18 Å². The van der Waals surface area contributed by atoms with Gasteiger partial charge < -0.3 is 5.73 Å². The van der Waals surface area contributed by atoms with Gasteiger partial charge >= 0.3 is 6.18 Å². The maximum absolute atomic E-state index is 12.8. The molecule has 2 heterocycles. The Morgan fingerprint density at radius 1 is 1.32 bits per heavy atom. The molecular weight excluding hydrogens is 303 g/mol. The summed E-state index contributed by atoms with van der Waals surface area (Å²) < 4.78 is 38.3.